The van der Waals surface area contributed by atoms with E-state index in [1.54, 1.807) is 30.3 Å². The minimum atomic E-state index is -0.955. The summed E-state index contributed by atoms with van der Waals surface area (Å²) in [5, 5.41) is 9.33. The van der Waals surface area contributed by atoms with E-state index in [1.165, 1.54) is 18.9 Å². The van der Waals surface area contributed by atoms with Crippen LogP contribution in [0.5, 0.6) is 0 Å². The van der Waals surface area contributed by atoms with Crippen molar-refractivity contribution in [2.75, 3.05) is 13.7 Å². The molecule has 0 heterocycles. The molecule has 1 N–H and O–H groups in total. The first-order chi connectivity index (χ1) is 16.0. The van der Waals surface area contributed by atoms with E-state index in [1.807, 2.05) is 48.5 Å². The van der Waals surface area contributed by atoms with E-state index < -0.39 is 23.8 Å². The number of carbonyl (C=O) groups excluding carboxylic acids is 2. The second-order valence-electron chi connectivity index (χ2n) is 7.24. The zero-order chi connectivity index (χ0) is 23.6. The van der Waals surface area contributed by atoms with Crippen LogP contribution in [-0.4, -0.2) is 36.7 Å². The molecule has 33 heavy (non-hydrogen) atoms. The first-order valence-electron chi connectivity index (χ1n) is 10.3. The summed E-state index contributed by atoms with van der Waals surface area (Å²) in [6.07, 6.45) is 0.0583. The number of rotatable bonds is 10. The van der Waals surface area contributed by atoms with Gasteiger partial charge >= 0.3 is 17.9 Å². The molecule has 0 aliphatic heterocycles. The van der Waals surface area contributed by atoms with Gasteiger partial charge in [0.05, 0.1) is 19.1 Å². The molecule has 0 saturated heterocycles. The molecular weight excluding hydrogens is 440 g/mol. The molecule has 0 saturated carbocycles. The Hall–Kier alpha value is -3.58. The van der Waals surface area contributed by atoms with E-state index in [-0.39, 0.29) is 18.6 Å². The Labute approximate surface area is 196 Å². The average molecular weight is 465 g/mol. The standard InChI is InChI=1S/C26H24O6S/c1-31-26(30)23(19-9-3-2-4-10-19)16-32-24(27)15-18-8-7-12-21(14-18)33-17-20-11-5-6-13-22(20)25(28)29/h2-14,23H,15-17H2,1H3,(H,28,29). The number of hydrogen-bond donors (Lipinski definition) is 1. The highest BCUT2D eigenvalue weighted by molar-refractivity contribution is 7.98. The first-order valence-corrected chi connectivity index (χ1v) is 11.3. The van der Waals surface area contributed by atoms with E-state index >= 15 is 0 Å². The number of ether oxygens (including phenoxy) is 2. The van der Waals surface area contributed by atoms with E-state index in [2.05, 4.69) is 0 Å². The number of carboxylic acid groups (broad SMARTS) is 1. The summed E-state index contributed by atoms with van der Waals surface area (Å²) in [4.78, 5) is 36.8. The maximum Gasteiger partial charge on any atom is 0.335 e. The van der Waals surface area contributed by atoms with Crippen molar-refractivity contribution in [3.8, 4) is 0 Å². The van der Waals surface area contributed by atoms with Gasteiger partial charge in [-0.25, -0.2) is 4.79 Å². The Kier molecular flexibility index (Phi) is 8.66. The Morgan fingerprint density at radius 2 is 1.67 bits per heavy atom. The van der Waals surface area contributed by atoms with E-state index in [4.69, 9.17) is 9.47 Å². The van der Waals surface area contributed by atoms with Gasteiger partial charge in [-0.15, -0.1) is 11.8 Å². The predicted octanol–water partition coefficient (Wildman–Crippen LogP) is 4.72. The monoisotopic (exact) mass is 464 g/mol. The lowest BCUT2D eigenvalue weighted by Gasteiger charge is -2.15. The molecule has 0 amide bonds. The van der Waals surface area contributed by atoms with Crippen molar-refractivity contribution >= 4 is 29.7 Å². The van der Waals surface area contributed by atoms with Gasteiger partial charge in [-0.05, 0) is 34.9 Å². The molecule has 0 aromatic heterocycles. The van der Waals surface area contributed by atoms with Gasteiger partial charge in [-0.1, -0.05) is 60.7 Å². The summed E-state index contributed by atoms with van der Waals surface area (Å²) in [7, 11) is 1.30. The third kappa shape index (κ3) is 6.95. The molecular formula is C26H24O6S. The Balaban J connectivity index is 1.59. The summed E-state index contributed by atoms with van der Waals surface area (Å²) in [5.74, 6) is -2.05. The summed E-state index contributed by atoms with van der Waals surface area (Å²) in [6, 6.07) is 23.4. The van der Waals surface area contributed by atoms with Crippen LogP contribution in [0.15, 0.2) is 83.8 Å². The van der Waals surface area contributed by atoms with Crippen molar-refractivity contribution in [3.63, 3.8) is 0 Å². The van der Waals surface area contributed by atoms with Crippen molar-refractivity contribution in [1.29, 1.82) is 0 Å². The van der Waals surface area contributed by atoms with Gasteiger partial charge in [0, 0.05) is 10.6 Å². The average Bonchev–Trinajstić information content (AvgIpc) is 2.83. The number of hydrogen-bond acceptors (Lipinski definition) is 6. The van der Waals surface area contributed by atoms with Crippen LogP contribution in [0.25, 0.3) is 0 Å². The lowest BCUT2D eigenvalue weighted by molar-refractivity contribution is -0.149. The molecule has 0 spiro atoms. The lowest BCUT2D eigenvalue weighted by Crippen LogP contribution is -2.22. The topological polar surface area (TPSA) is 89.9 Å². The molecule has 0 aliphatic carbocycles. The van der Waals surface area contributed by atoms with Crippen LogP contribution in [0.4, 0.5) is 0 Å². The van der Waals surface area contributed by atoms with E-state index in [9.17, 15) is 19.5 Å². The third-order valence-corrected chi connectivity index (χ3v) is 6.03. The Bertz CT molecular complexity index is 1110. The molecule has 3 aromatic rings. The van der Waals surface area contributed by atoms with Gasteiger partial charge in [0.1, 0.15) is 12.5 Å². The molecule has 170 valence electrons. The summed E-state index contributed by atoms with van der Waals surface area (Å²) in [6.45, 7) is -0.101. The van der Waals surface area contributed by atoms with Gasteiger partial charge in [0.2, 0.25) is 0 Å². The first kappa shape index (κ1) is 24.1. The SMILES string of the molecule is COC(=O)C(COC(=O)Cc1cccc(SCc2ccccc2C(=O)O)c1)c1ccccc1. The molecule has 3 rings (SSSR count). The number of thioether (sulfide) groups is 1. The van der Waals surface area contributed by atoms with Gasteiger partial charge < -0.3 is 14.6 Å². The number of carboxylic acids is 1. The molecule has 6 nitrogen and oxygen atoms in total. The fourth-order valence-corrected chi connectivity index (χ4v) is 4.27. The van der Waals surface area contributed by atoms with Crippen LogP contribution < -0.4 is 0 Å². The number of carbonyl (C=O) groups is 3. The minimum absolute atomic E-state index is 0.0583. The summed E-state index contributed by atoms with van der Waals surface area (Å²) in [5.41, 5.74) is 2.50. The van der Waals surface area contributed by atoms with Crippen LogP contribution in [0.2, 0.25) is 0 Å². The van der Waals surface area contributed by atoms with Crippen LogP contribution in [0, 0.1) is 0 Å². The van der Waals surface area contributed by atoms with Gasteiger partial charge in [-0.2, -0.15) is 0 Å². The van der Waals surface area contributed by atoms with Crippen molar-refractivity contribution in [2.24, 2.45) is 0 Å². The number of benzene rings is 3. The molecule has 0 bridgehead atoms. The maximum absolute atomic E-state index is 12.4. The van der Waals surface area contributed by atoms with Crippen molar-refractivity contribution in [1.82, 2.24) is 0 Å². The largest absolute Gasteiger partial charge is 0.478 e. The van der Waals surface area contributed by atoms with Crippen molar-refractivity contribution < 1.29 is 29.0 Å². The zero-order valence-corrected chi connectivity index (χ0v) is 18.9. The fraction of sp³-hybridized carbons (Fsp3) is 0.192. The minimum Gasteiger partial charge on any atom is -0.478 e. The van der Waals surface area contributed by atoms with Gasteiger partial charge in [0.25, 0.3) is 0 Å². The van der Waals surface area contributed by atoms with Crippen LogP contribution in [0.3, 0.4) is 0 Å². The predicted molar refractivity (Wildman–Crippen MR) is 125 cm³/mol. The van der Waals surface area contributed by atoms with Gasteiger partial charge in [0.15, 0.2) is 0 Å². The molecule has 3 aromatic carbocycles. The second kappa shape index (κ2) is 11.9. The summed E-state index contributed by atoms with van der Waals surface area (Å²) < 4.78 is 10.2. The summed E-state index contributed by atoms with van der Waals surface area (Å²) >= 11 is 1.49. The van der Waals surface area contributed by atoms with Crippen LogP contribution in [-0.2, 0) is 31.2 Å². The number of esters is 2. The zero-order valence-electron chi connectivity index (χ0n) is 18.1. The van der Waals surface area contributed by atoms with Crippen molar-refractivity contribution in [3.05, 3.63) is 101 Å². The fourth-order valence-electron chi connectivity index (χ4n) is 3.28. The lowest BCUT2D eigenvalue weighted by atomic mass is 10.0. The quantitative estimate of drug-likeness (QED) is 0.343. The Morgan fingerprint density at radius 3 is 2.39 bits per heavy atom. The highest BCUT2D eigenvalue weighted by Gasteiger charge is 2.23. The molecule has 1 unspecified atom stereocenters. The Morgan fingerprint density at radius 1 is 0.939 bits per heavy atom. The normalized spacial score (nSPS) is 11.4. The van der Waals surface area contributed by atoms with E-state index in [0.29, 0.717) is 5.75 Å². The highest BCUT2D eigenvalue weighted by atomic mass is 32.2. The highest BCUT2D eigenvalue weighted by Crippen LogP contribution is 2.26. The van der Waals surface area contributed by atoms with Crippen molar-refractivity contribution in [2.45, 2.75) is 23.0 Å². The van der Waals surface area contributed by atoms with Crippen LogP contribution >= 0.6 is 11.8 Å². The van der Waals surface area contributed by atoms with E-state index in [0.717, 1.165) is 21.6 Å². The van der Waals surface area contributed by atoms with Gasteiger partial charge in [-0.3, -0.25) is 9.59 Å². The smallest absolute Gasteiger partial charge is 0.335 e. The maximum atomic E-state index is 12.4. The molecule has 0 radical (unpaired) electrons. The molecule has 7 heteroatoms. The van der Waals surface area contributed by atoms with Crippen LogP contribution in [0.1, 0.15) is 33.0 Å². The molecule has 0 fully saturated rings. The molecule has 1 atom stereocenters. The third-order valence-electron chi connectivity index (χ3n) is 4.99. The number of aromatic carboxylic acids is 1. The molecule has 0 aliphatic rings. The number of methoxy groups -OCH3 is 1. The second-order valence-corrected chi connectivity index (χ2v) is 8.29.